The number of esters is 1. The van der Waals surface area contributed by atoms with Crippen LogP contribution in [0.1, 0.15) is 76.5 Å². The first kappa shape index (κ1) is 53.6. The van der Waals surface area contributed by atoms with Crippen molar-refractivity contribution in [2.75, 3.05) is 7.05 Å². The Morgan fingerprint density at radius 3 is 1.91 bits per heavy atom. The number of benzene rings is 3. The number of amides is 7. The molecule has 0 aromatic heterocycles. The predicted octanol–water partition coefficient (Wildman–Crippen LogP) is 0.857. The van der Waals surface area contributed by atoms with Crippen LogP contribution < -0.4 is 26.6 Å². The SMILES string of the molecule is CCCC(=O)NC(CC(=O)O)C(=O)NC1C(=O)NC(Cc2ccc(O)cc2)C(=O)NC2CCC(O)N(C2=O)C(Cc2ccccc2)C(=O)N(C)C(Cc2ccccc2)C(=O)NC(C(C)C)C(=O)OC1C. The lowest BCUT2D eigenvalue weighted by Crippen LogP contribution is -2.65. The lowest BCUT2D eigenvalue weighted by Gasteiger charge is -2.43. The van der Waals surface area contributed by atoms with Crippen LogP contribution in [-0.4, -0.2) is 140 Å². The Kier molecular flexibility index (Phi) is 19.0. The second-order valence-electron chi connectivity index (χ2n) is 18.0. The third kappa shape index (κ3) is 14.3. The number of nitrogens with zero attached hydrogens (tertiary/aromatic N) is 2. The average Bonchev–Trinajstić information content (AvgIpc) is 3.31. The Morgan fingerprint density at radius 1 is 0.757 bits per heavy atom. The van der Waals surface area contributed by atoms with Gasteiger partial charge < -0.3 is 56.4 Å². The Morgan fingerprint density at radius 2 is 1.34 bits per heavy atom. The van der Waals surface area contributed by atoms with Crippen molar-refractivity contribution in [2.24, 2.45) is 5.92 Å². The van der Waals surface area contributed by atoms with E-state index in [-0.39, 0.29) is 44.3 Å². The summed E-state index contributed by atoms with van der Waals surface area (Å²) in [6.45, 7) is 6.16. The number of carboxylic acid groups (broad SMARTS) is 1. The fraction of sp³-hybridized carbons (Fsp3) is 0.460. The van der Waals surface area contributed by atoms with Crippen LogP contribution in [0.3, 0.4) is 0 Å². The summed E-state index contributed by atoms with van der Waals surface area (Å²) in [4.78, 5) is 128. The number of likely N-dealkylation sites (N-methyl/N-ethyl adjacent to an activating group) is 1. The van der Waals surface area contributed by atoms with E-state index >= 15 is 4.79 Å². The third-order valence-electron chi connectivity index (χ3n) is 12.3. The molecule has 3 aromatic carbocycles. The zero-order chi connectivity index (χ0) is 51.2. The molecule has 0 radical (unpaired) electrons. The number of hydrogen-bond donors (Lipinski definition) is 8. The van der Waals surface area contributed by atoms with E-state index in [1.54, 1.807) is 81.4 Å². The molecule has 2 saturated heterocycles. The van der Waals surface area contributed by atoms with Crippen molar-refractivity contribution in [2.45, 2.75) is 134 Å². The van der Waals surface area contributed by atoms with E-state index in [2.05, 4.69) is 26.6 Å². The molecule has 0 aliphatic carbocycles. The highest BCUT2D eigenvalue weighted by Crippen LogP contribution is 2.25. The van der Waals surface area contributed by atoms with E-state index in [0.717, 1.165) is 9.80 Å². The summed E-state index contributed by atoms with van der Waals surface area (Å²) in [6.07, 6.45) is -4.36. The van der Waals surface area contributed by atoms with Crippen LogP contribution in [0.15, 0.2) is 84.9 Å². The lowest BCUT2D eigenvalue weighted by molar-refractivity contribution is -0.165. The van der Waals surface area contributed by atoms with Crippen LogP contribution in [-0.2, 0) is 67.2 Å². The molecule has 2 bridgehead atoms. The summed E-state index contributed by atoms with van der Waals surface area (Å²) in [6, 6.07) is 12.4. The maximum atomic E-state index is 15.1. The van der Waals surface area contributed by atoms with Crippen LogP contribution in [0.25, 0.3) is 0 Å². The summed E-state index contributed by atoms with van der Waals surface area (Å²) in [5.41, 5.74) is 1.66. The van der Waals surface area contributed by atoms with Crippen molar-refractivity contribution in [1.29, 1.82) is 0 Å². The number of ether oxygens (including phenoxy) is 1. The molecule has 2 aliphatic heterocycles. The number of aliphatic carboxylic acids is 1. The number of aliphatic hydroxyl groups is 1. The fourth-order valence-electron chi connectivity index (χ4n) is 8.38. The van der Waals surface area contributed by atoms with Crippen molar-refractivity contribution in [3.63, 3.8) is 0 Å². The number of hydrogen-bond acceptors (Lipinski definition) is 12. The number of carbonyl (C=O) groups is 9. The average molecular weight is 970 g/mol. The highest BCUT2D eigenvalue weighted by atomic mass is 16.5. The first-order valence-corrected chi connectivity index (χ1v) is 23.3. The van der Waals surface area contributed by atoms with Gasteiger partial charge in [0.25, 0.3) is 0 Å². The summed E-state index contributed by atoms with van der Waals surface area (Å²) < 4.78 is 5.84. The highest BCUT2D eigenvalue weighted by Gasteiger charge is 2.46. The van der Waals surface area contributed by atoms with Gasteiger partial charge in [-0.25, -0.2) is 4.79 Å². The number of aromatic hydroxyl groups is 1. The second kappa shape index (κ2) is 24.8. The number of carboxylic acids is 1. The third-order valence-corrected chi connectivity index (χ3v) is 12.3. The number of rotatable bonds is 14. The molecule has 2 fully saturated rings. The number of cyclic esters (lactones) is 1. The molecule has 2 heterocycles. The van der Waals surface area contributed by atoms with Crippen molar-refractivity contribution < 1.29 is 63.2 Å². The Balaban J connectivity index is 1.65. The van der Waals surface area contributed by atoms with Gasteiger partial charge in [-0.05, 0) is 60.9 Å². The molecule has 0 spiro atoms. The van der Waals surface area contributed by atoms with Crippen LogP contribution in [0.5, 0.6) is 5.75 Å². The molecule has 3 aromatic rings. The number of nitrogens with one attached hydrogen (secondary N) is 5. The molecule has 20 nitrogen and oxygen atoms in total. The van der Waals surface area contributed by atoms with Gasteiger partial charge in [0.2, 0.25) is 41.4 Å². The van der Waals surface area contributed by atoms with E-state index in [1.165, 1.54) is 38.2 Å². The number of phenolic OH excluding ortho intramolecular Hbond substituents is 1. The molecule has 20 heteroatoms. The Bertz CT molecular complexity index is 2350. The van der Waals surface area contributed by atoms with E-state index < -0.39 is 120 Å². The maximum absolute atomic E-state index is 15.1. The minimum absolute atomic E-state index is 0.0538. The maximum Gasteiger partial charge on any atom is 0.329 e. The summed E-state index contributed by atoms with van der Waals surface area (Å²) in [7, 11) is 1.38. The van der Waals surface area contributed by atoms with E-state index in [9.17, 15) is 53.7 Å². The number of carbonyl (C=O) groups excluding carboxylic acids is 8. The topological polar surface area (TPSA) is 290 Å². The molecule has 9 unspecified atom stereocenters. The minimum Gasteiger partial charge on any atom is -0.508 e. The van der Waals surface area contributed by atoms with Crippen LogP contribution >= 0.6 is 0 Å². The van der Waals surface area contributed by atoms with Crippen molar-refractivity contribution in [3.05, 3.63) is 102 Å². The standard InChI is InChI=1S/C50H63N7O13/c1-6-13-39(59)51-36(27-41(61)62)45(64)55-43-29(4)70-50(69)42(28(2)3)54-46(65)37(25-30-14-9-7-10-15-30)56(5)49(68)38(26-31-16-11-8-12-17-31)57-40(60)23-22-34(48(57)67)52-44(63)35(53-47(43)66)24-32-18-20-33(58)21-19-32/h7-12,14-21,28-29,34-38,40,42-43,58,60H,6,13,22-27H2,1-5H3,(H,51,59)(H,52,63)(H,53,66)(H,54,65)(H,55,64)(H,61,62). The normalized spacial score (nSPS) is 24.4. The van der Waals surface area contributed by atoms with Gasteiger partial charge in [0.15, 0.2) is 0 Å². The molecule has 5 rings (SSSR count). The number of fused-ring (bicyclic) bond motifs is 2. The van der Waals surface area contributed by atoms with Gasteiger partial charge in [-0.15, -0.1) is 0 Å². The molecule has 70 heavy (non-hydrogen) atoms. The summed E-state index contributed by atoms with van der Waals surface area (Å²) in [5.74, 6) is -9.52. The number of phenols is 1. The van der Waals surface area contributed by atoms with Crippen LogP contribution in [0, 0.1) is 5.92 Å². The van der Waals surface area contributed by atoms with Crippen LogP contribution in [0.4, 0.5) is 0 Å². The molecule has 7 amide bonds. The van der Waals surface area contributed by atoms with Gasteiger partial charge >= 0.3 is 11.9 Å². The van der Waals surface area contributed by atoms with Gasteiger partial charge in [0, 0.05) is 32.7 Å². The van der Waals surface area contributed by atoms with Crippen molar-refractivity contribution in [1.82, 2.24) is 36.4 Å². The predicted molar refractivity (Wildman–Crippen MR) is 252 cm³/mol. The minimum atomic E-state index is -1.88. The molecule has 2 aliphatic rings. The summed E-state index contributed by atoms with van der Waals surface area (Å²) in [5, 5.41) is 44.0. The van der Waals surface area contributed by atoms with Gasteiger partial charge in [0.1, 0.15) is 60.4 Å². The van der Waals surface area contributed by atoms with E-state index in [0.29, 0.717) is 23.1 Å². The fourth-order valence-corrected chi connectivity index (χ4v) is 8.38. The lowest BCUT2D eigenvalue weighted by atomic mass is 9.95. The molecule has 8 N–H and O–H groups in total. The van der Waals surface area contributed by atoms with Crippen molar-refractivity contribution >= 4 is 53.3 Å². The zero-order valence-electron chi connectivity index (χ0n) is 39.8. The molecule has 0 saturated carbocycles. The molecular weight excluding hydrogens is 907 g/mol. The van der Waals surface area contributed by atoms with Gasteiger partial charge in [0.05, 0.1) is 6.42 Å². The molecule has 376 valence electrons. The summed E-state index contributed by atoms with van der Waals surface area (Å²) >= 11 is 0. The van der Waals surface area contributed by atoms with Gasteiger partial charge in [-0.2, -0.15) is 0 Å². The number of aliphatic hydroxyl groups excluding tert-OH is 1. The van der Waals surface area contributed by atoms with Crippen molar-refractivity contribution in [3.8, 4) is 5.75 Å². The first-order valence-electron chi connectivity index (χ1n) is 23.3. The molecule has 9 atom stereocenters. The number of piperidine rings is 1. The monoisotopic (exact) mass is 969 g/mol. The van der Waals surface area contributed by atoms with E-state index in [4.69, 9.17) is 4.74 Å². The van der Waals surface area contributed by atoms with E-state index in [1.807, 2.05) is 0 Å². The smallest absolute Gasteiger partial charge is 0.329 e. The Hall–Kier alpha value is -7.35. The quantitative estimate of drug-likeness (QED) is 0.104. The van der Waals surface area contributed by atoms with Gasteiger partial charge in [-0.3, -0.25) is 38.4 Å². The Labute approximate surface area is 405 Å². The molecular formula is C50H63N7O13. The van der Waals surface area contributed by atoms with Gasteiger partial charge in [-0.1, -0.05) is 93.6 Å². The highest BCUT2D eigenvalue weighted by molar-refractivity contribution is 5.99. The zero-order valence-corrected chi connectivity index (χ0v) is 39.8. The largest absolute Gasteiger partial charge is 0.508 e. The first-order chi connectivity index (χ1) is 33.3. The second-order valence-corrected chi connectivity index (χ2v) is 18.0. The van der Waals surface area contributed by atoms with Crippen LogP contribution in [0.2, 0.25) is 0 Å².